The number of carbonyl (C=O) groups excluding carboxylic acids is 6. The molecule has 0 spiro atoms. The predicted molar refractivity (Wildman–Crippen MR) is 146 cm³/mol. The molecule has 0 saturated heterocycles. The minimum Gasteiger partial charge on any atom is -0.589 e. The number of amides is 4. The van der Waals surface area contributed by atoms with Crippen molar-refractivity contribution in [1.29, 1.82) is 0 Å². The smallest absolute Gasteiger partial charge is 0.116 e. The van der Waals surface area contributed by atoms with Crippen LogP contribution in [0.15, 0.2) is 60.7 Å². The van der Waals surface area contributed by atoms with Crippen LogP contribution in [0.4, 0.5) is 0 Å². The molecule has 2 N–H and O–H groups in total. The van der Waals surface area contributed by atoms with Crippen molar-refractivity contribution in [2.75, 3.05) is 0 Å². The van der Waals surface area contributed by atoms with Crippen LogP contribution in [-0.2, 0) is 113 Å². The van der Waals surface area contributed by atoms with Crippen LogP contribution in [0.2, 0.25) is 0 Å². The summed E-state index contributed by atoms with van der Waals surface area (Å²) in [5.74, 6) is -1.67. The maximum absolute atomic E-state index is 10.4. The standard InChI is InChI=1S/C17H14O4.2C4H3NO2.2C2H6.2Y/c18-7-5-14-10-12(1-3-16(14)20)9-13-2-4-17(21)15(11-13)6-8-19;2*6-3-1-2-4(7)5-3;2*1-2;;/h1-4,10-11,20-21H,5-6,9H2;2*1-2H,(H,5,6,7);2*1-2H3;;/q-2;;;;;;/p-2. The third kappa shape index (κ3) is 17.7. The topological polar surface area (TPSA) is 171 Å². The molecule has 2 aliphatic heterocycles. The van der Waals surface area contributed by atoms with Crippen LogP contribution < -0.4 is 0 Å². The number of hydrogen-bond donors (Lipinski definition) is 2. The van der Waals surface area contributed by atoms with Gasteiger partial charge in [0.2, 0.25) is 0 Å². The van der Waals surface area contributed by atoms with Crippen LogP contribution in [0, 0.1) is 0 Å². The van der Waals surface area contributed by atoms with E-state index in [1.165, 1.54) is 0 Å². The van der Waals surface area contributed by atoms with Crippen molar-refractivity contribution in [2.45, 2.75) is 47.0 Å². The first-order valence-corrected chi connectivity index (χ1v) is 12.0. The molecular weight excluding hydrogens is 682 g/mol. The zero-order chi connectivity index (χ0) is 29.8. The largest absolute Gasteiger partial charge is 0.589 e. The fourth-order valence-electron chi connectivity index (χ4n) is 2.82. The number of nitrogens with zero attached hydrogens (tertiary/aromatic N) is 2. The molecule has 214 valence electrons. The molecule has 0 atom stereocenters. The Morgan fingerprint density at radius 3 is 1.10 bits per heavy atom. The molecule has 4 amide bonds. The van der Waals surface area contributed by atoms with Gasteiger partial charge in [0.15, 0.2) is 0 Å². The van der Waals surface area contributed by atoms with Crippen molar-refractivity contribution in [3.8, 4) is 11.5 Å². The van der Waals surface area contributed by atoms with Gasteiger partial charge in [-0.05, 0) is 65.1 Å². The van der Waals surface area contributed by atoms with Crippen LogP contribution in [0.5, 0.6) is 11.5 Å². The Morgan fingerprint density at radius 1 is 0.585 bits per heavy atom. The number of rotatable bonds is 6. The molecule has 0 saturated carbocycles. The second-order valence-corrected chi connectivity index (χ2v) is 6.99. The van der Waals surface area contributed by atoms with Gasteiger partial charge in [-0.25, -0.2) is 0 Å². The van der Waals surface area contributed by atoms with Crippen LogP contribution in [0.25, 0.3) is 10.6 Å². The molecule has 0 unspecified atom stereocenters. The van der Waals surface area contributed by atoms with E-state index in [9.17, 15) is 39.0 Å². The number of carbonyl (C=O) groups is 4. The van der Waals surface area contributed by atoms with Gasteiger partial charge in [0.1, 0.15) is 11.5 Å². The van der Waals surface area contributed by atoms with Gasteiger partial charge < -0.3 is 49.6 Å². The third-order valence-electron chi connectivity index (χ3n) is 4.40. The number of phenolic OH excluding ortho intramolecular Hbond substituents is 2. The summed E-state index contributed by atoms with van der Waals surface area (Å²) in [5, 5.41) is 25.3. The number of benzene rings is 2. The van der Waals surface area contributed by atoms with E-state index < -0.39 is 23.6 Å². The first kappa shape index (κ1) is 42.8. The maximum Gasteiger partial charge on any atom is 0.116 e. The van der Waals surface area contributed by atoms with E-state index in [2.05, 4.69) is 10.6 Å². The SMILES string of the molecule is CC.CC.O=C1C=CC(=O)[N-]1.O=C1C=CC(=O)[N-]1.O=[C-]Cc1cc(Cc2ccc(O)c(C[C-]=O)c2)ccc1O.[Y].[Y]. The van der Waals surface area contributed by atoms with E-state index in [-0.39, 0.29) is 89.8 Å². The van der Waals surface area contributed by atoms with Crippen LogP contribution in [-0.4, -0.2) is 46.4 Å². The summed E-state index contributed by atoms with van der Waals surface area (Å²) in [7, 11) is 0. The van der Waals surface area contributed by atoms with E-state index in [0.717, 1.165) is 35.4 Å². The molecule has 4 rings (SSSR count). The van der Waals surface area contributed by atoms with E-state index in [1.54, 1.807) is 49.0 Å². The Kier molecular flexibility index (Phi) is 26.2. The van der Waals surface area contributed by atoms with Gasteiger partial charge in [0, 0.05) is 65.4 Å². The zero-order valence-corrected chi connectivity index (χ0v) is 29.0. The number of aromatic hydroxyl groups is 2. The molecule has 0 fully saturated rings. The molecule has 0 aromatic heterocycles. The fourth-order valence-corrected chi connectivity index (χ4v) is 2.82. The van der Waals surface area contributed by atoms with Crippen molar-refractivity contribution in [2.24, 2.45) is 0 Å². The average Bonchev–Trinajstić information content (AvgIpc) is 3.51. The Hall–Kier alpha value is -2.65. The van der Waals surface area contributed by atoms with Gasteiger partial charge in [-0.1, -0.05) is 52.0 Å². The monoisotopic (exact) mass is 712 g/mol. The van der Waals surface area contributed by atoms with Crippen molar-refractivity contribution in [3.05, 3.63) is 93.6 Å². The quantitative estimate of drug-likeness (QED) is 0.334. The Balaban J connectivity index is -0.000000594. The van der Waals surface area contributed by atoms with Crippen molar-refractivity contribution >= 4 is 36.2 Å². The number of imide groups is 2. The Morgan fingerprint density at radius 2 is 0.878 bits per heavy atom. The molecular formula is C29H30N2O8Y2-4. The summed E-state index contributed by atoms with van der Waals surface area (Å²) in [6, 6.07) is 10.1. The summed E-state index contributed by atoms with van der Waals surface area (Å²) in [6.07, 6.45) is 8.74. The molecule has 2 aromatic carbocycles. The fraction of sp³-hybridized carbons (Fsp3) is 0.241. The van der Waals surface area contributed by atoms with Gasteiger partial charge in [-0.15, -0.1) is 12.8 Å². The summed E-state index contributed by atoms with van der Waals surface area (Å²) in [6.45, 7) is 8.00. The van der Waals surface area contributed by atoms with Gasteiger partial charge in [0.05, 0.1) is 23.6 Å². The van der Waals surface area contributed by atoms with Crippen LogP contribution in [0.3, 0.4) is 0 Å². The van der Waals surface area contributed by atoms with Gasteiger partial charge in [-0.3, -0.25) is 12.6 Å². The summed E-state index contributed by atoms with van der Waals surface area (Å²) < 4.78 is 0. The van der Waals surface area contributed by atoms with E-state index in [0.29, 0.717) is 17.5 Å². The summed E-state index contributed by atoms with van der Waals surface area (Å²) in [5.41, 5.74) is 2.90. The van der Waals surface area contributed by atoms with Crippen molar-refractivity contribution in [3.63, 3.8) is 0 Å². The van der Waals surface area contributed by atoms with E-state index >= 15 is 0 Å². The van der Waals surface area contributed by atoms with E-state index in [1.807, 2.05) is 27.7 Å². The summed E-state index contributed by atoms with van der Waals surface area (Å²) >= 11 is 0. The molecule has 2 aromatic rings. The minimum atomic E-state index is -0.454. The molecule has 10 nitrogen and oxygen atoms in total. The van der Waals surface area contributed by atoms with Crippen LogP contribution >= 0.6 is 0 Å². The van der Waals surface area contributed by atoms with Crippen LogP contribution in [0.1, 0.15) is 49.9 Å². The molecule has 12 heteroatoms. The maximum atomic E-state index is 10.4. The van der Waals surface area contributed by atoms with E-state index in [4.69, 9.17) is 0 Å². The van der Waals surface area contributed by atoms with Gasteiger partial charge in [0.25, 0.3) is 0 Å². The normalized spacial score (nSPS) is 11.6. The predicted octanol–water partition coefficient (Wildman–Crippen LogP) is 4.01. The van der Waals surface area contributed by atoms with Crippen molar-refractivity contribution < 1.29 is 104 Å². The molecule has 41 heavy (non-hydrogen) atoms. The molecule has 2 radical (unpaired) electrons. The average molecular weight is 712 g/mol. The second-order valence-electron chi connectivity index (χ2n) is 6.99. The molecule has 0 aliphatic carbocycles. The molecule has 0 bridgehead atoms. The third-order valence-corrected chi connectivity index (χ3v) is 4.40. The number of phenols is 2. The van der Waals surface area contributed by atoms with Gasteiger partial charge in [-0.2, -0.15) is 0 Å². The Bertz CT molecular complexity index is 1100. The zero-order valence-electron chi connectivity index (χ0n) is 23.3. The second kappa shape index (κ2) is 25.1. The number of hydrogen-bond acceptors (Lipinski definition) is 8. The minimum absolute atomic E-state index is 0. The van der Waals surface area contributed by atoms with Gasteiger partial charge >= 0.3 is 0 Å². The molecule has 2 heterocycles. The first-order valence-electron chi connectivity index (χ1n) is 12.0. The summed E-state index contributed by atoms with van der Waals surface area (Å²) in [4.78, 5) is 60.8. The van der Waals surface area contributed by atoms with Crippen molar-refractivity contribution in [1.82, 2.24) is 0 Å². The molecule has 2 aliphatic rings. The Labute approximate surface area is 290 Å². The first-order chi connectivity index (χ1) is 18.7.